The molecule has 0 radical (unpaired) electrons. The summed E-state index contributed by atoms with van der Waals surface area (Å²) < 4.78 is 20.0. The van der Waals surface area contributed by atoms with Gasteiger partial charge >= 0.3 is 6.09 Å². The zero-order valence-electron chi connectivity index (χ0n) is 14.9. The quantitative estimate of drug-likeness (QED) is 0.833. The third-order valence-corrected chi connectivity index (χ3v) is 7.41. The van der Waals surface area contributed by atoms with Crippen LogP contribution in [0.3, 0.4) is 0 Å². The Morgan fingerprint density at radius 1 is 1.37 bits per heavy atom. The first kappa shape index (κ1) is 17.2. The highest BCUT2D eigenvalue weighted by molar-refractivity contribution is 8.00. The summed E-state index contributed by atoms with van der Waals surface area (Å²) in [5, 5.41) is 2.82. The molecule has 4 fully saturated rings. The van der Waals surface area contributed by atoms with Gasteiger partial charge in [-0.3, -0.25) is 9.69 Å². The smallest absolute Gasteiger partial charge is 0.414 e. The van der Waals surface area contributed by atoms with Crippen molar-refractivity contribution in [1.29, 1.82) is 0 Å². The first-order valence-electron chi connectivity index (χ1n) is 9.41. The Hall–Kier alpha value is -1.96. The number of carbonyl (C=O) groups is 2. The highest BCUT2D eigenvalue weighted by Gasteiger charge is 2.48. The number of halogens is 1. The summed E-state index contributed by atoms with van der Waals surface area (Å²) >= 11 is 1.95. The highest BCUT2D eigenvalue weighted by atomic mass is 32.2. The maximum atomic E-state index is 14.6. The van der Waals surface area contributed by atoms with E-state index in [9.17, 15) is 14.0 Å². The van der Waals surface area contributed by atoms with Crippen molar-refractivity contribution < 1.29 is 20.1 Å². The van der Waals surface area contributed by atoms with Crippen molar-refractivity contribution in [3.05, 3.63) is 24.0 Å². The molecular weight excluding hydrogens is 369 g/mol. The Morgan fingerprint density at radius 3 is 2.78 bits per heavy atom. The van der Waals surface area contributed by atoms with E-state index in [2.05, 4.69) is 10.2 Å². The van der Waals surface area contributed by atoms with Gasteiger partial charge in [0.05, 0.1) is 24.5 Å². The number of benzene rings is 1. The van der Waals surface area contributed by atoms with Crippen LogP contribution in [0, 0.1) is 17.2 Å². The summed E-state index contributed by atoms with van der Waals surface area (Å²) in [5.41, 5.74) is 1.49. The van der Waals surface area contributed by atoms with Gasteiger partial charge in [-0.15, -0.1) is 0 Å². The van der Waals surface area contributed by atoms with Crippen LogP contribution in [0.4, 0.5) is 20.6 Å². The predicted molar refractivity (Wildman–Crippen MR) is 104 cm³/mol. The van der Waals surface area contributed by atoms with Gasteiger partial charge in [-0.05, 0) is 31.0 Å². The molecule has 3 aliphatic heterocycles. The molecule has 27 heavy (non-hydrogen) atoms. The van der Waals surface area contributed by atoms with Crippen molar-refractivity contribution in [2.75, 3.05) is 47.5 Å². The summed E-state index contributed by atoms with van der Waals surface area (Å²) in [4.78, 5) is 27.4. The van der Waals surface area contributed by atoms with Crippen molar-refractivity contribution in [2.45, 2.75) is 18.9 Å². The molecule has 1 aliphatic carbocycles. The first-order valence-corrected chi connectivity index (χ1v) is 10.6. The largest absolute Gasteiger partial charge is 0.442 e. The molecule has 1 spiro atoms. The fraction of sp³-hybridized carbons (Fsp3) is 0.579. The zero-order chi connectivity index (χ0) is 18.6. The second kappa shape index (κ2) is 6.29. The van der Waals surface area contributed by atoms with Gasteiger partial charge in [0.2, 0.25) is 5.91 Å². The van der Waals surface area contributed by atoms with Gasteiger partial charge in [-0.2, -0.15) is 11.8 Å². The monoisotopic (exact) mass is 393 g/mol. The molecule has 4 aliphatic rings. The van der Waals surface area contributed by atoms with Crippen molar-refractivity contribution in [3.8, 4) is 0 Å². The van der Waals surface area contributed by atoms with E-state index in [1.807, 2.05) is 11.8 Å². The van der Waals surface area contributed by atoms with Crippen molar-refractivity contribution in [3.63, 3.8) is 0 Å². The van der Waals surface area contributed by atoms with Crippen LogP contribution in [0.5, 0.6) is 0 Å². The SMILES string of the molecule is O=C(NC[C@H]1CN(c2ccc(N3CC4(CSC4)C3)c(F)c2)C(=O)O1)C1CC1.[HH]. The Morgan fingerprint density at radius 2 is 2.15 bits per heavy atom. The van der Waals surface area contributed by atoms with E-state index in [1.54, 1.807) is 12.1 Å². The molecular formula is C19H24FN3O3S. The number of ether oxygens (including phenoxy) is 1. The van der Waals surface area contributed by atoms with Gasteiger partial charge in [0.25, 0.3) is 0 Å². The van der Waals surface area contributed by atoms with Crippen LogP contribution < -0.4 is 15.1 Å². The molecule has 8 heteroatoms. The van der Waals surface area contributed by atoms with Crippen molar-refractivity contribution in [2.24, 2.45) is 11.3 Å². The third-order valence-electron chi connectivity index (χ3n) is 5.78. The summed E-state index contributed by atoms with van der Waals surface area (Å²) in [7, 11) is 0. The molecule has 6 nitrogen and oxygen atoms in total. The van der Waals surface area contributed by atoms with Crippen LogP contribution in [0.15, 0.2) is 18.2 Å². The average molecular weight is 393 g/mol. The van der Waals surface area contributed by atoms with Crippen LogP contribution in [0.1, 0.15) is 14.3 Å². The molecule has 2 amide bonds. The molecule has 0 unspecified atom stereocenters. The third kappa shape index (κ3) is 3.13. The van der Waals surface area contributed by atoms with E-state index in [0.29, 0.717) is 29.9 Å². The number of nitrogens with one attached hydrogen (secondary N) is 1. The van der Waals surface area contributed by atoms with E-state index in [4.69, 9.17) is 4.74 Å². The van der Waals surface area contributed by atoms with Gasteiger partial charge in [-0.25, -0.2) is 9.18 Å². The standard InChI is InChI=1S/C19H22FN3O3S.H2/c20-15-5-13(3-4-16(15)22-8-19(9-22)10-27-11-19)23-7-14(26-18(23)25)6-21-17(24)12-1-2-12;/h3-5,12,14H,1-2,6-11H2,(H,21,24);1H/t14-;/m0./s1. The number of rotatable bonds is 5. The lowest BCUT2D eigenvalue weighted by Gasteiger charge is -2.56. The molecule has 3 heterocycles. The molecule has 5 rings (SSSR count). The van der Waals surface area contributed by atoms with E-state index in [-0.39, 0.29) is 19.1 Å². The number of carbonyl (C=O) groups excluding carboxylic acids is 2. The first-order chi connectivity index (χ1) is 13.0. The van der Waals surface area contributed by atoms with Gasteiger partial charge in [0.15, 0.2) is 0 Å². The van der Waals surface area contributed by atoms with Gasteiger partial charge in [0.1, 0.15) is 11.9 Å². The second-order valence-corrected chi connectivity index (χ2v) is 9.11. The number of thioether (sulfide) groups is 1. The zero-order valence-corrected chi connectivity index (χ0v) is 15.8. The lowest BCUT2D eigenvalue weighted by molar-refractivity contribution is -0.122. The van der Waals surface area contributed by atoms with Crippen molar-refractivity contribution in [1.82, 2.24) is 5.32 Å². The minimum atomic E-state index is -0.498. The Bertz CT molecular complexity index is 795. The number of nitrogens with zero attached hydrogens (tertiary/aromatic N) is 2. The molecule has 1 N–H and O–H groups in total. The normalized spacial score (nSPS) is 25.8. The molecule has 1 saturated carbocycles. The Balaban J connectivity index is 0.00000192. The molecule has 3 saturated heterocycles. The van der Waals surface area contributed by atoms with Crippen LogP contribution in [-0.4, -0.2) is 55.8 Å². The number of cyclic esters (lactones) is 1. The Kier molecular flexibility index (Phi) is 4.00. The second-order valence-electron chi connectivity index (χ2n) is 8.12. The molecule has 1 aromatic rings. The average Bonchev–Trinajstić information content (AvgIpc) is 3.35. The molecule has 1 atom stereocenters. The number of hydrogen-bond acceptors (Lipinski definition) is 5. The van der Waals surface area contributed by atoms with E-state index in [1.165, 1.54) is 22.5 Å². The number of amides is 2. The molecule has 146 valence electrons. The van der Waals surface area contributed by atoms with Gasteiger partial charge in [0, 0.05) is 37.4 Å². The summed E-state index contributed by atoms with van der Waals surface area (Å²) in [6.45, 7) is 2.42. The number of anilines is 2. The van der Waals surface area contributed by atoms with E-state index >= 15 is 0 Å². The predicted octanol–water partition coefficient (Wildman–Crippen LogP) is 2.48. The molecule has 0 aromatic heterocycles. The summed E-state index contributed by atoms with van der Waals surface area (Å²) in [6, 6.07) is 4.92. The minimum Gasteiger partial charge on any atom is -0.442 e. The van der Waals surface area contributed by atoms with Gasteiger partial charge in [-0.1, -0.05) is 0 Å². The molecule has 1 aromatic carbocycles. The van der Waals surface area contributed by atoms with E-state index < -0.39 is 12.2 Å². The highest BCUT2D eigenvalue weighted by Crippen LogP contribution is 2.47. The lowest BCUT2D eigenvalue weighted by Crippen LogP contribution is -2.63. The van der Waals surface area contributed by atoms with Crippen LogP contribution >= 0.6 is 11.8 Å². The fourth-order valence-corrected chi connectivity index (χ4v) is 5.12. The van der Waals surface area contributed by atoms with Crippen molar-refractivity contribution >= 4 is 35.1 Å². The maximum absolute atomic E-state index is 14.6. The summed E-state index contributed by atoms with van der Waals surface area (Å²) in [5.74, 6) is 2.17. The topological polar surface area (TPSA) is 61.9 Å². The van der Waals surface area contributed by atoms with Gasteiger partial charge < -0.3 is 15.0 Å². The lowest BCUT2D eigenvalue weighted by atomic mass is 9.82. The van der Waals surface area contributed by atoms with Crippen LogP contribution in [0.2, 0.25) is 0 Å². The minimum absolute atomic E-state index is 0. The Labute approximate surface area is 162 Å². The fourth-order valence-electron chi connectivity index (χ4n) is 3.97. The van der Waals surface area contributed by atoms with E-state index in [0.717, 1.165) is 25.9 Å². The summed E-state index contributed by atoms with van der Waals surface area (Å²) in [6.07, 6.45) is 0.965. The van der Waals surface area contributed by atoms with Crippen LogP contribution in [0.25, 0.3) is 0 Å². The molecule has 0 bridgehead atoms. The number of hydrogen-bond donors (Lipinski definition) is 1. The van der Waals surface area contributed by atoms with Crippen LogP contribution in [-0.2, 0) is 9.53 Å². The maximum Gasteiger partial charge on any atom is 0.414 e.